The molecule has 27 heavy (non-hydrogen) atoms. The predicted molar refractivity (Wildman–Crippen MR) is 106 cm³/mol. The van der Waals surface area contributed by atoms with E-state index >= 15 is 0 Å². The first kappa shape index (κ1) is 19.4. The molecule has 2 N–H and O–H groups in total. The van der Waals surface area contributed by atoms with Gasteiger partial charge in [-0.1, -0.05) is 23.9 Å². The molecule has 0 unspecified atom stereocenters. The van der Waals surface area contributed by atoms with Crippen molar-refractivity contribution in [2.75, 3.05) is 18.8 Å². The number of piperidine rings is 1. The molecular formula is C19H24N4O3S. The summed E-state index contributed by atoms with van der Waals surface area (Å²) in [4.78, 5) is 43.1. The topological polar surface area (TPSA) is 98.3 Å². The van der Waals surface area contributed by atoms with Gasteiger partial charge in [-0.15, -0.1) is 0 Å². The van der Waals surface area contributed by atoms with E-state index in [4.69, 9.17) is 5.73 Å². The molecule has 1 aromatic heterocycles. The van der Waals surface area contributed by atoms with Gasteiger partial charge in [-0.25, -0.2) is 4.98 Å². The number of hydrogen-bond donors (Lipinski definition) is 1. The van der Waals surface area contributed by atoms with E-state index in [1.54, 1.807) is 21.6 Å². The molecule has 1 aliphatic rings. The third kappa shape index (κ3) is 4.16. The molecule has 0 aliphatic carbocycles. The van der Waals surface area contributed by atoms with Crippen molar-refractivity contribution < 1.29 is 9.59 Å². The van der Waals surface area contributed by atoms with Crippen LogP contribution in [0.4, 0.5) is 0 Å². The maximum absolute atomic E-state index is 12.8. The Morgan fingerprint density at radius 3 is 2.78 bits per heavy atom. The third-order valence-electron chi connectivity index (χ3n) is 4.79. The SMILES string of the molecule is CC(C)n1c(SCC(=O)N2CCC[C@@H](C(N)=O)C2)nc2ccccc2c1=O. The zero-order chi connectivity index (χ0) is 19.6. The van der Waals surface area contributed by atoms with Gasteiger partial charge < -0.3 is 10.6 Å². The molecule has 1 aromatic carbocycles. The molecule has 8 heteroatoms. The molecular weight excluding hydrogens is 364 g/mol. The molecule has 7 nitrogen and oxygen atoms in total. The molecule has 1 fully saturated rings. The summed E-state index contributed by atoms with van der Waals surface area (Å²) < 4.78 is 1.63. The highest BCUT2D eigenvalue weighted by Crippen LogP contribution is 2.23. The Labute approximate surface area is 161 Å². The van der Waals surface area contributed by atoms with E-state index in [1.165, 1.54) is 11.8 Å². The fraction of sp³-hybridized carbons (Fsp3) is 0.474. The number of thioether (sulfide) groups is 1. The normalized spacial score (nSPS) is 17.4. The number of fused-ring (bicyclic) bond motifs is 1. The second-order valence-corrected chi connectivity index (χ2v) is 7.99. The molecule has 0 saturated carbocycles. The Bertz CT molecular complexity index is 925. The number of likely N-dealkylation sites (tertiary alicyclic amines) is 1. The summed E-state index contributed by atoms with van der Waals surface area (Å²) in [5.74, 6) is -0.530. The minimum Gasteiger partial charge on any atom is -0.369 e. The van der Waals surface area contributed by atoms with Gasteiger partial charge in [-0.3, -0.25) is 19.0 Å². The van der Waals surface area contributed by atoms with Gasteiger partial charge in [0, 0.05) is 19.1 Å². The van der Waals surface area contributed by atoms with E-state index in [2.05, 4.69) is 4.98 Å². The zero-order valence-corrected chi connectivity index (χ0v) is 16.4. The summed E-state index contributed by atoms with van der Waals surface area (Å²) in [6, 6.07) is 7.15. The van der Waals surface area contributed by atoms with Crippen LogP contribution in [0.25, 0.3) is 10.9 Å². The van der Waals surface area contributed by atoms with Gasteiger partial charge >= 0.3 is 0 Å². The number of hydrogen-bond acceptors (Lipinski definition) is 5. The van der Waals surface area contributed by atoms with Crippen LogP contribution in [-0.4, -0.2) is 45.1 Å². The van der Waals surface area contributed by atoms with E-state index in [1.807, 2.05) is 26.0 Å². The summed E-state index contributed by atoms with van der Waals surface area (Å²) in [6.45, 7) is 4.85. The fourth-order valence-electron chi connectivity index (χ4n) is 3.34. The Morgan fingerprint density at radius 2 is 2.07 bits per heavy atom. The van der Waals surface area contributed by atoms with Crippen LogP contribution in [0.15, 0.2) is 34.2 Å². The lowest BCUT2D eigenvalue weighted by Gasteiger charge is -2.31. The first-order valence-corrected chi connectivity index (χ1v) is 10.1. The van der Waals surface area contributed by atoms with Crippen LogP contribution < -0.4 is 11.3 Å². The highest BCUT2D eigenvalue weighted by molar-refractivity contribution is 7.99. The van der Waals surface area contributed by atoms with Crippen LogP contribution in [0.1, 0.15) is 32.7 Å². The molecule has 1 atom stereocenters. The number of benzene rings is 1. The van der Waals surface area contributed by atoms with Crippen molar-refractivity contribution in [1.82, 2.24) is 14.5 Å². The lowest BCUT2D eigenvalue weighted by molar-refractivity contribution is -0.132. The first-order valence-electron chi connectivity index (χ1n) is 9.09. The molecule has 2 heterocycles. The number of para-hydroxylation sites is 1. The van der Waals surface area contributed by atoms with Crippen molar-refractivity contribution >= 4 is 34.5 Å². The van der Waals surface area contributed by atoms with Crippen LogP contribution in [0.5, 0.6) is 0 Å². The molecule has 2 amide bonds. The van der Waals surface area contributed by atoms with Gasteiger partial charge in [0.05, 0.1) is 22.6 Å². The largest absolute Gasteiger partial charge is 0.369 e. The molecule has 0 spiro atoms. The van der Waals surface area contributed by atoms with Gasteiger partial charge in [0.15, 0.2) is 5.16 Å². The van der Waals surface area contributed by atoms with Gasteiger partial charge in [0.2, 0.25) is 11.8 Å². The monoisotopic (exact) mass is 388 g/mol. The number of carbonyl (C=O) groups is 2. The molecule has 144 valence electrons. The molecule has 1 aliphatic heterocycles. The average molecular weight is 388 g/mol. The van der Waals surface area contributed by atoms with Crippen molar-refractivity contribution in [2.45, 2.75) is 37.9 Å². The van der Waals surface area contributed by atoms with Crippen molar-refractivity contribution in [3.05, 3.63) is 34.6 Å². The van der Waals surface area contributed by atoms with Crippen LogP contribution >= 0.6 is 11.8 Å². The molecule has 3 rings (SSSR count). The predicted octanol–water partition coefficient (Wildman–Crippen LogP) is 1.79. The zero-order valence-electron chi connectivity index (χ0n) is 15.6. The van der Waals surface area contributed by atoms with Crippen molar-refractivity contribution in [3.63, 3.8) is 0 Å². The average Bonchev–Trinajstić information content (AvgIpc) is 2.66. The lowest BCUT2D eigenvalue weighted by Crippen LogP contribution is -2.44. The number of rotatable bonds is 5. The number of nitrogens with zero attached hydrogens (tertiary/aromatic N) is 3. The number of aromatic nitrogens is 2. The maximum Gasteiger partial charge on any atom is 0.262 e. The molecule has 2 aromatic rings. The van der Waals surface area contributed by atoms with Gasteiger partial charge in [0.25, 0.3) is 5.56 Å². The second-order valence-electron chi connectivity index (χ2n) is 7.05. The Balaban J connectivity index is 1.80. The number of primary amides is 1. The quantitative estimate of drug-likeness (QED) is 0.622. The third-order valence-corrected chi connectivity index (χ3v) is 5.73. The fourth-order valence-corrected chi connectivity index (χ4v) is 4.37. The number of amides is 2. The summed E-state index contributed by atoms with van der Waals surface area (Å²) in [6.07, 6.45) is 1.50. The number of carbonyl (C=O) groups excluding carboxylic acids is 2. The maximum atomic E-state index is 12.8. The Hall–Kier alpha value is -2.35. The molecule has 0 bridgehead atoms. The minimum atomic E-state index is -0.356. The standard InChI is InChI=1S/C19H24N4O3S/c1-12(2)23-18(26)14-7-3-4-8-15(14)21-19(23)27-11-16(24)22-9-5-6-13(10-22)17(20)25/h3-4,7-8,12-13H,5-6,9-11H2,1-2H3,(H2,20,25)/t13-/m1/s1. The summed E-state index contributed by atoms with van der Waals surface area (Å²) in [5, 5.41) is 1.10. The van der Waals surface area contributed by atoms with E-state index in [9.17, 15) is 14.4 Å². The number of nitrogens with two attached hydrogens (primary N) is 1. The van der Waals surface area contributed by atoms with E-state index in [-0.39, 0.29) is 35.1 Å². The van der Waals surface area contributed by atoms with Gasteiger partial charge in [0.1, 0.15) is 0 Å². The Kier molecular flexibility index (Phi) is 5.84. The first-order chi connectivity index (χ1) is 12.9. The summed E-state index contributed by atoms with van der Waals surface area (Å²) in [5.41, 5.74) is 5.91. The molecule has 0 radical (unpaired) electrons. The van der Waals surface area contributed by atoms with Crippen molar-refractivity contribution in [1.29, 1.82) is 0 Å². The van der Waals surface area contributed by atoms with Crippen molar-refractivity contribution in [2.24, 2.45) is 11.7 Å². The van der Waals surface area contributed by atoms with E-state index in [0.29, 0.717) is 29.1 Å². The minimum absolute atomic E-state index is 0.0661. The van der Waals surface area contributed by atoms with Crippen molar-refractivity contribution in [3.8, 4) is 0 Å². The van der Waals surface area contributed by atoms with E-state index in [0.717, 1.165) is 12.8 Å². The Morgan fingerprint density at radius 1 is 1.33 bits per heavy atom. The van der Waals surface area contributed by atoms with Gasteiger partial charge in [-0.2, -0.15) is 0 Å². The second kappa shape index (κ2) is 8.12. The highest BCUT2D eigenvalue weighted by atomic mass is 32.2. The van der Waals surface area contributed by atoms with Crippen LogP contribution in [0.3, 0.4) is 0 Å². The van der Waals surface area contributed by atoms with Crippen LogP contribution in [0, 0.1) is 5.92 Å². The summed E-state index contributed by atoms with van der Waals surface area (Å²) >= 11 is 1.26. The summed E-state index contributed by atoms with van der Waals surface area (Å²) in [7, 11) is 0. The highest BCUT2D eigenvalue weighted by Gasteiger charge is 2.27. The van der Waals surface area contributed by atoms with E-state index < -0.39 is 0 Å². The molecule has 1 saturated heterocycles. The van der Waals surface area contributed by atoms with Gasteiger partial charge in [-0.05, 0) is 38.8 Å². The van der Waals surface area contributed by atoms with Crippen LogP contribution in [-0.2, 0) is 9.59 Å². The smallest absolute Gasteiger partial charge is 0.262 e. The van der Waals surface area contributed by atoms with Crippen LogP contribution in [0.2, 0.25) is 0 Å². The lowest BCUT2D eigenvalue weighted by atomic mass is 9.97.